The van der Waals surface area contributed by atoms with Gasteiger partial charge < -0.3 is 15.0 Å². The van der Waals surface area contributed by atoms with Crippen LogP contribution < -0.4 is 5.32 Å². The molecule has 2 rings (SSSR count). The highest BCUT2D eigenvalue weighted by Gasteiger charge is 2.30. The van der Waals surface area contributed by atoms with Gasteiger partial charge in [-0.15, -0.1) is 0 Å². The number of nitrogens with one attached hydrogen (secondary N) is 1. The number of amides is 1. The van der Waals surface area contributed by atoms with Gasteiger partial charge in [0.2, 0.25) is 0 Å². The first kappa shape index (κ1) is 15.5. The van der Waals surface area contributed by atoms with E-state index in [0.717, 1.165) is 19.3 Å². The van der Waals surface area contributed by atoms with Crippen molar-refractivity contribution in [2.45, 2.75) is 45.2 Å². The molecule has 0 bridgehead atoms. The molecule has 1 aliphatic rings. The van der Waals surface area contributed by atoms with Crippen molar-refractivity contribution in [3.8, 4) is 0 Å². The van der Waals surface area contributed by atoms with Gasteiger partial charge in [-0.3, -0.25) is 14.9 Å². The van der Waals surface area contributed by atoms with E-state index >= 15 is 0 Å². The number of hydrogen-bond donors (Lipinski definition) is 2. The molecule has 1 aromatic heterocycles. The standard InChI is InChI=1S/C14H21N3O4/c1-9(2)16-7-11(17(20)21)6-13(16)14(19)15-12-5-3-4-10(12)8-18/h6-7,9-10,12,18H,3-5,8H2,1-2H3,(H,15,19). The van der Waals surface area contributed by atoms with Crippen LogP contribution in [0.2, 0.25) is 0 Å². The van der Waals surface area contributed by atoms with Gasteiger partial charge >= 0.3 is 0 Å². The molecule has 21 heavy (non-hydrogen) atoms. The van der Waals surface area contributed by atoms with Crippen LogP contribution in [0.25, 0.3) is 0 Å². The van der Waals surface area contributed by atoms with Crippen molar-refractivity contribution in [1.29, 1.82) is 0 Å². The third kappa shape index (κ3) is 3.24. The summed E-state index contributed by atoms with van der Waals surface area (Å²) in [6, 6.07) is 1.20. The summed E-state index contributed by atoms with van der Waals surface area (Å²) in [4.78, 5) is 22.8. The molecule has 7 nitrogen and oxygen atoms in total. The van der Waals surface area contributed by atoms with E-state index in [-0.39, 0.29) is 36.2 Å². The molecule has 7 heteroatoms. The lowest BCUT2D eigenvalue weighted by Crippen LogP contribution is -2.39. The fraction of sp³-hybridized carbons (Fsp3) is 0.643. The Morgan fingerprint density at radius 3 is 2.86 bits per heavy atom. The van der Waals surface area contributed by atoms with Crippen LogP contribution in [0.15, 0.2) is 12.3 Å². The zero-order valence-electron chi connectivity index (χ0n) is 12.3. The van der Waals surface area contributed by atoms with Gasteiger partial charge in [-0.1, -0.05) is 6.42 Å². The van der Waals surface area contributed by atoms with Gasteiger partial charge in [-0.05, 0) is 26.7 Å². The first-order valence-corrected chi connectivity index (χ1v) is 7.22. The lowest BCUT2D eigenvalue weighted by molar-refractivity contribution is -0.384. The summed E-state index contributed by atoms with van der Waals surface area (Å²) >= 11 is 0. The van der Waals surface area contributed by atoms with Crippen LogP contribution in [-0.4, -0.2) is 33.2 Å². The van der Waals surface area contributed by atoms with E-state index in [1.165, 1.54) is 12.3 Å². The Labute approximate surface area is 123 Å². The SMILES string of the molecule is CC(C)n1cc([N+](=O)[O-])cc1C(=O)NC1CCCC1CO. The fourth-order valence-electron chi connectivity index (χ4n) is 2.86. The van der Waals surface area contributed by atoms with Crippen LogP contribution in [0.3, 0.4) is 0 Å². The molecule has 2 N–H and O–H groups in total. The normalized spacial score (nSPS) is 21.7. The molecular formula is C14H21N3O4. The summed E-state index contributed by atoms with van der Waals surface area (Å²) in [5, 5.41) is 23.1. The number of hydrogen-bond acceptors (Lipinski definition) is 4. The minimum atomic E-state index is -0.498. The van der Waals surface area contributed by atoms with Crippen LogP contribution in [0.5, 0.6) is 0 Å². The van der Waals surface area contributed by atoms with E-state index in [4.69, 9.17) is 0 Å². The van der Waals surface area contributed by atoms with Gasteiger partial charge in [0.25, 0.3) is 11.6 Å². The van der Waals surface area contributed by atoms with Gasteiger partial charge in [-0.2, -0.15) is 0 Å². The van der Waals surface area contributed by atoms with Crippen molar-refractivity contribution >= 4 is 11.6 Å². The van der Waals surface area contributed by atoms with Crippen LogP contribution in [0.4, 0.5) is 5.69 Å². The minimum Gasteiger partial charge on any atom is -0.396 e. The number of rotatable bonds is 5. The maximum absolute atomic E-state index is 12.4. The van der Waals surface area contributed by atoms with Crippen molar-refractivity contribution in [3.05, 3.63) is 28.1 Å². The number of nitrogens with zero attached hydrogens (tertiary/aromatic N) is 2. The van der Waals surface area contributed by atoms with E-state index < -0.39 is 4.92 Å². The number of carbonyl (C=O) groups excluding carboxylic acids is 1. The molecule has 0 spiro atoms. The number of aromatic nitrogens is 1. The summed E-state index contributed by atoms with van der Waals surface area (Å²) in [5.41, 5.74) is 0.208. The average molecular weight is 295 g/mol. The van der Waals surface area contributed by atoms with Gasteiger partial charge in [0.15, 0.2) is 0 Å². The number of aliphatic hydroxyl groups is 1. The third-order valence-corrected chi connectivity index (χ3v) is 4.04. The minimum absolute atomic E-state index is 0.0448. The van der Waals surface area contributed by atoms with Crippen LogP contribution in [-0.2, 0) is 0 Å². The summed E-state index contributed by atoms with van der Waals surface area (Å²) in [6.07, 6.45) is 4.09. The van der Waals surface area contributed by atoms with E-state index in [9.17, 15) is 20.0 Å². The summed E-state index contributed by atoms with van der Waals surface area (Å²) < 4.78 is 1.61. The number of carbonyl (C=O) groups is 1. The smallest absolute Gasteiger partial charge is 0.287 e. The molecule has 1 aromatic rings. The second kappa shape index (κ2) is 6.26. The average Bonchev–Trinajstić information content (AvgIpc) is 3.04. The van der Waals surface area contributed by atoms with Gasteiger partial charge in [0, 0.05) is 30.7 Å². The molecule has 1 amide bonds. The van der Waals surface area contributed by atoms with Crippen LogP contribution >= 0.6 is 0 Å². The molecule has 0 aliphatic heterocycles. The van der Waals surface area contributed by atoms with E-state index in [2.05, 4.69) is 5.32 Å². The first-order valence-electron chi connectivity index (χ1n) is 7.22. The monoisotopic (exact) mass is 295 g/mol. The number of aliphatic hydroxyl groups excluding tert-OH is 1. The zero-order valence-corrected chi connectivity index (χ0v) is 12.3. The third-order valence-electron chi connectivity index (χ3n) is 4.04. The molecule has 0 saturated heterocycles. The summed E-state index contributed by atoms with van der Waals surface area (Å²) in [5.74, 6) is -0.242. The highest BCUT2D eigenvalue weighted by molar-refractivity contribution is 5.93. The first-order chi connectivity index (χ1) is 9.93. The Morgan fingerprint density at radius 2 is 2.29 bits per heavy atom. The molecule has 0 radical (unpaired) electrons. The topological polar surface area (TPSA) is 97.4 Å². The van der Waals surface area contributed by atoms with Crippen molar-refractivity contribution in [2.75, 3.05) is 6.61 Å². The van der Waals surface area contributed by atoms with Gasteiger partial charge in [0.1, 0.15) is 5.69 Å². The molecule has 1 heterocycles. The lowest BCUT2D eigenvalue weighted by atomic mass is 10.1. The zero-order chi connectivity index (χ0) is 15.6. The second-order valence-electron chi connectivity index (χ2n) is 5.80. The molecule has 1 saturated carbocycles. The van der Waals surface area contributed by atoms with E-state index in [0.29, 0.717) is 5.69 Å². The predicted octanol–water partition coefficient (Wildman–Crippen LogP) is 1.87. The molecule has 116 valence electrons. The second-order valence-corrected chi connectivity index (χ2v) is 5.80. The lowest BCUT2D eigenvalue weighted by Gasteiger charge is -2.20. The Bertz CT molecular complexity index is 538. The van der Waals surface area contributed by atoms with Crippen molar-refractivity contribution in [3.63, 3.8) is 0 Å². The number of nitro groups is 1. The molecule has 1 aliphatic carbocycles. The highest BCUT2D eigenvalue weighted by atomic mass is 16.6. The molecule has 1 fully saturated rings. The van der Waals surface area contributed by atoms with Gasteiger partial charge in [0.05, 0.1) is 11.1 Å². The van der Waals surface area contributed by atoms with Crippen molar-refractivity contribution < 1.29 is 14.8 Å². The molecule has 2 unspecified atom stereocenters. The predicted molar refractivity (Wildman–Crippen MR) is 77.2 cm³/mol. The quantitative estimate of drug-likeness (QED) is 0.640. The van der Waals surface area contributed by atoms with Gasteiger partial charge in [-0.25, -0.2) is 0 Å². The van der Waals surface area contributed by atoms with E-state index in [1.807, 2.05) is 13.8 Å². The molecular weight excluding hydrogens is 274 g/mol. The highest BCUT2D eigenvalue weighted by Crippen LogP contribution is 2.26. The maximum atomic E-state index is 12.4. The summed E-state index contributed by atoms with van der Waals surface area (Å²) in [6.45, 7) is 3.79. The Hall–Kier alpha value is -1.89. The Balaban J connectivity index is 2.20. The van der Waals surface area contributed by atoms with E-state index in [1.54, 1.807) is 4.57 Å². The van der Waals surface area contributed by atoms with Crippen LogP contribution in [0.1, 0.15) is 49.6 Å². The summed E-state index contributed by atoms with van der Waals surface area (Å²) in [7, 11) is 0. The van der Waals surface area contributed by atoms with Crippen molar-refractivity contribution in [1.82, 2.24) is 9.88 Å². The Morgan fingerprint density at radius 1 is 1.57 bits per heavy atom. The maximum Gasteiger partial charge on any atom is 0.287 e. The largest absolute Gasteiger partial charge is 0.396 e. The molecule has 0 aromatic carbocycles. The van der Waals surface area contributed by atoms with Crippen molar-refractivity contribution in [2.24, 2.45) is 5.92 Å². The molecule has 2 atom stereocenters. The van der Waals surface area contributed by atoms with Crippen LogP contribution in [0, 0.1) is 16.0 Å². The Kier molecular flexibility index (Phi) is 4.62. The fourth-order valence-corrected chi connectivity index (χ4v) is 2.86.